The van der Waals surface area contributed by atoms with Crippen LogP contribution in [0.4, 0.5) is 5.69 Å². The standard InChI is InChI=1S/C18H21N3O2S/c1-12-15(9-10-20-18(12)24(19,22)23)16-6-2-4-13-5-3-11-21(17(13)16)14-7-8-14/h2,4,6,9-10,14H,3,5,7-8,11H2,1H3,(H2,19,22,23). The molecule has 1 aliphatic carbocycles. The highest BCUT2D eigenvalue weighted by molar-refractivity contribution is 7.89. The number of nitrogens with two attached hydrogens (primary N) is 1. The van der Waals surface area contributed by atoms with Gasteiger partial charge in [0.15, 0.2) is 5.03 Å². The first-order valence-electron chi connectivity index (χ1n) is 8.34. The summed E-state index contributed by atoms with van der Waals surface area (Å²) in [4.78, 5) is 6.49. The van der Waals surface area contributed by atoms with E-state index in [1.165, 1.54) is 36.7 Å². The Bertz CT molecular complexity index is 904. The highest BCUT2D eigenvalue weighted by Crippen LogP contribution is 2.43. The highest BCUT2D eigenvalue weighted by Gasteiger charge is 2.33. The van der Waals surface area contributed by atoms with E-state index in [9.17, 15) is 8.42 Å². The molecule has 5 nitrogen and oxygen atoms in total. The molecule has 4 rings (SSSR count). The second-order valence-corrected chi connectivity index (χ2v) is 8.15. The Morgan fingerprint density at radius 2 is 2.00 bits per heavy atom. The van der Waals surface area contributed by atoms with Crippen molar-refractivity contribution in [3.05, 3.63) is 41.6 Å². The number of para-hydroxylation sites is 1. The average Bonchev–Trinajstić information content (AvgIpc) is 3.38. The molecule has 2 heterocycles. The van der Waals surface area contributed by atoms with Gasteiger partial charge in [-0.15, -0.1) is 0 Å². The van der Waals surface area contributed by atoms with Crippen LogP contribution < -0.4 is 10.0 Å². The SMILES string of the molecule is Cc1c(-c2cccc3c2N(C2CC2)CCC3)ccnc1S(N)(=O)=O. The van der Waals surface area contributed by atoms with E-state index in [1.807, 2.05) is 6.07 Å². The molecule has 0 radical (unpaired) electrons. The normalized spacial score (nSPS) is 17.7. The van der Waals surface area contributed by atoms with Crippen molar-refractivity contribution in [3.63, 3.8) is 0 Å². The van der Waals surface area contributed by atoms with Crippen LogP contribution in [0.25, 0.3) is 11.1 Å². The minimum atomic E-state index is -3.83. The number of nitrogens with zero attached hydrogens (tertiary/aromatic N) is 2. The zero-order chi connectivity index (χ0) is 16.9. The summed E-state index contributed by atoms with van der Waals surface area (Å²) >= 11 is 0. The molecule has 0 amide bonds. The summed E-state index contributed by atoms with van der Waals surface area (Å²) in [5, 5.41) is 5.29. The predicted molar refractivity (Wildman–Crippen MR) is 94.5 cm³/mol. The fraction of sp³-hybridized carbons (Fsp3) is 0.389. The molecule has 6 heteroatoms. The van der Waals surface area contributed by atoms with Crippen molar-refractivity contribution in [1.29, 1.82) is 0 Å². The minimum Gasteiger partial charge on any atom is -0.368 e. The van der Waals surface area contributed by atoms with E-state index >= 15 is 0 Å². The quantitative estimate of drug-likeness (QED) is 0.929. The third kappa shape index (κ3) is 2.59. The number of sulfonamides is 1. The molecule has 1 aromatic carbocycles. The lowest BCUT2D eigenvalue weighted by atomic mass is 9.92. The number of rotatable bonds is 3. The van der Waals surface area contributed by atoms with E-state index in [1.54, 1.807) is 6.92 Å². The number of benzene rings is 1. The average molecular weight is 343 g/mol. The molecular weight excluding hydrogens is 322 g/mol. The summed E-state index contributed by atoms with van der Waals surface area (Å²) in [5.41, 5.74) is 5.22. The Hall–Kier alpha value is -1.92. The van der Waals surface area contributed by atoms with Gasteiger partial charge in [-0.05, 0) is 55.4 Å². The van der Waals surface area contributed by atoms with Crippen molar-refractivity contribution >= 4 is 15.7 Å². The van der Waals surface area contributed by atoms with Crippen LogP contribution in [-0.2, 0) is 16.4 Å². The number of aromatic nitrogens is 1. The number of hydrogen-bond acceptors (Lipinski definition) is 4. The molecular formula is C18H21N3O2S. The van der Waals surface area contributed by atoms with Crippen molar-refractivity contribution < 1.29 is 8.42 Å². The van der Waals surface area contributed by atoms with Crippen LogP contribution in [0.5, 0.6) is 0 Å². The van der Waals surface area contributed by atoms with Crippen LogP contribution in [0.1, 0.15) is 30.4 Å². The zero-order valence-corrected chi connectivity index (χ0v) is 14.5. The fourth-order valence-electron chi connectivity index (χ4n) is 3.75. The lowest BCUT2D eigenvalue weighted by molar-refractivity contribution is 0.593. The van der Waals surface area contributed by atoms with Crippen LogP contribution in [0.3, 0.4) is 0 Å². The van der Waals surface area contributed by atoms with Crippen molar-refractivity contribution in [1.82, 2.24) is 4.98 Å². The predicted octanol–water partition coefficient (Wildman–Crippen LogP) is 2.62. The van der Waals surface area contributed by atoms with Crippen molar-refractivity contribution in [3.8, 4) is 11.1 Å². The number of fused-ring (bicyclic) bond motifs is 1. The van der Waals surface area contributed by atoms with Gasteiger partial charge in [0, 0.05) is 30.0 Å². The molecule has 0 atom stereocenters. The van der Waals surface area contributed by atoms with Crippen LogP contribution in [0.15, 0.2) is 35.5 Å². The molecule has 2 N–H and O–H groups in total. The summed E-state index contributed by atoms with van der Waals surface area (Å²) in [6.07, 6.45) is 6.26. The van der Waals surface area contributed by atoms with Gasteiger partial charge in [0.1, 0.15) is 0 Å². The van der Waals surface area contributed by atoms with E-state index < -0.39 is 10.0 Å². The molecule has 0 unspecified atom stereocenters. The molecule has 2 aromatic rings. The Morgan fingerprint density at radius 3 is 2.71 bits per heavy atom. The van der Waals surface area contributed by atoms with Crippen LogP contribution >= 0.6 is 0 Å². The maximum atomic E-state index is 11.8. The maximum Gasteiger partial charge on any atom is 0.255 e. The first-order valence-corrected chi connectivity index (χ1v) is 9.89. The molecule has 0 spiro atoms. The molecule has 0 saturated heterocycles. The van der Waals surface area contributed by atoms with Gasteiger partial charge in [-0.2, -0.15) is 0 Å². The van der Waals surface area contributed by atoms with Gasteiger partial charge >= 0.3 is 0 Å². The van der Waals surface area contributed by atoms with E-state index in [0.29, 0.717) is 11.6 Å². The molecule has 1 fully saturated rings. The smallest absolute Gasteiger partial charge is 0.255 e. The van der Waals surface area contributed by atoms with Crippen LogP contribution in [0, 0.1) is 6.92 Å². The molecule has 1 saturated carbocycles. The number of aryl methyl sites for hydroxylation is 1. The Kier molecular flexibility index (Phi) is 3.62. The zero-order valence-electron chi connectivity index (χ0n) is 13.7. The topological polar surface area (TPSA) is 76.3 Å². The first kappa shape index (κ1) is 15.6. The van der Waals surface area contributed by atoms with Crippen molar-refractivity contribution in [2.24, 2.45) is 5.14 Å². The third-order valence-electron chi connectivity index (χ3n) is 4.96. The van der Waals surface area contributed by atoms with Gasteiger partial charge in [0.2, 0.25) is 0 Å². The first-order chi connectivity index (χ1) is 11.5. The number of hydrogen-bond donors (Lipinski definition) is 1. The molecule has 24 heavy (non-hydrogen) atoms. The Labute approximate surface area is 142 Å². The maximum absolute atomic E-state index is 11.8. The second kappa shape index (κ2) is 5.57. The molecule has 1 aliphatic heterocycles. The molecule has 126 valence electrons. The van der Waals surface area contributed by atoms with Gasteiger partial charge in [-0.3, -0.25) is 0 Å². The van der Waals surface area contributed by atoms with E-state index in [0.717, 1.165) is 24.1 Å². The fourth-order valence-corrected chi connectivity index (χ4v) is 4.49. The summed E-state index contributed by atoms with van der Waals surface area (Å²) in [7, 11) is -3.83. The van der Waals surface area contributed by atoms with Crippen LogP contribution in [-0.4, -0.2) is 26.0 Å². The van der Waals surface area contributed by atoms with E-state index in [4.69, 9.17) is 5.14 Å². The minimum absolute atomic E-state index is 0.0358. The Morgan fingerprint density at radius 1 is 1.21 bits per heavy atom. The lowest BCUT2D eigenvalue weighted by Crippen LogP contribution is -2.32. The van der Waals surface area contributed by atoms with Gasteiger partial charge in [-0.25, -0.2) is 18.5 Å². The summed E-state index contributed by atoms with van der Waals surface area (Å²) in [6, 6.07) is 8.84. The molecule has 0 bridgehead atoms. The number of anilines is 1. The van der Waals surface area contributed by atoms with Gasteiger partial charge in [0.25, 0.3) is 10.0 Å². The third-order valence-corrected chi connectivity index (χ3v) is 5.91. The van der Waals surface area contributed by atoms with E-state index in [-0.39, 0.29) is 5.03 Å². The molecule has 1 aromatic heterocycles. The monoisotopic (exact) mass is 343 g/mol. The molecule has 2 aliphatic rings. The number of pyridine rings is 1. The highest BCUT2D eigenvalue weighted by atomic mass is 32.2. The van der Waals surface area contributed by atoms with Gasteiger partial charge in [-0.1, -0.05) is 18.2 Å². The summed E-state index contributed by atoms with van der Waals surface area (Å²) < 4.78 is 23.6. The van der Waals surface area contributed by atoms with Gasteiger partial charge < -0.3 is 4.90 Å². The van der Waals surface area contributed by atoms with Gasteiger partial charge in [0.05, 0.1) is 0 Å². The Balaban J connectivity index is 1.93. The summed E-state index contributed by atoms with van der Waals surface area (Å²) in [6.45, 7) is 2.85. The van der Waals surface area contributed by atoms with Crippen molar-refractivity contribution in [2.45, 2.75) is 43.7 Å². The summed E-state index contributed by atoms with van der Waals surface area (Å²) in [5.74, 6) is 0. The largest absolute Gasteiger partial charge is 0.368 e. The second-order valence-electron chi connectivity index (χ2n) is 6.68. The van der Waals surface area contributed by atoms with Crippen LogP contribution in [0.2, 0.25) is 0 Å². The van der Waals surface area contributed by atoms with E-state index in [2.05, 4.69) is 28.1 Å². The lowest BCUT2D eigenvalue weighted by Gasteiger charge is -2.34. The van der Waals surface area contributed by atoms with Crippen molar-refractivity contribution in [2.75, 3.05) is 11.4 Å². The number of primary sulfonamides is 1.